The standard InChI is InChI=1S/C21H26ClN3O2/c1-13(2)16-9-8-14(3)19(12-16)24-25-21(27)11-10-20(26)23-18-7-5-6-17(22)15(18)4/h5-8,16H,1,9-12H2,2-4H3,(H,23,26)(H,25,27)/t16-/m1/s1. The van der Waals surface area contributed by atoms with Crippen LogP contribution in [0.25, 0.3) is 0 Å². The second-order valence-electron chi connectivity index (χ2n) is 6.92. The highest BCUT2D eigenvalue weighted by molar-refractivity contribution is 6.31. The van der Waals surface area contributed by atoms with Gasteiger partial charge in [-0.05, 0) is 62.8 Å². The van der Waals surface area contributed by atoms with Gasteiger partial charge in [-0.1, -0.05) is 35.9 Å². The van der Waals surface area contributed by atoms with Crippen LogP contribution in [0.1, 0.15) is 45.1 Å². The minimum Gasteiger partial charge on any atom is -0.326 e. The molecule has 0 bridgehead atoms. The van der Waals surface area contributed by atoms with Gasteiger partial charge in [0.1, 0.15) is 0 Å². The molecule has 1 aromatic rings. The third-order valence-corrected chi connectivity index (χ3v) is 5.15. The van der Waals surface area contributed by atoms with Gasteiger partial charge in [-0.2, -0.15) is 5.10 Å². The molecule has 6 heteroatoms. The molecular weight excluding hydrogens is 362 g/mol. The van der Waals surface area contributed by atoms with Crippen LogP contribution >= 0.6 is 11.6 Å². The van der Waals surface area contributed by atoms with Crippen molar-refractivity contribution in [2.45, 2.75) is 46.5 Å². The number of allylic oxidation sites excluding steroid dienone is 3. The molecule has 0 unspecified atom stereocenters. The third-order valence-electron chi connectivity index (χ3n) is 4.74. The number of rotatable bonds is 6. The Morgan fingerprint density at radius 3 is 2.67 bits per heavy atom. The fourth-order valence-corrected chi connectivity index (χ4v) is 2.97. The summed E-state index contributed by atoms with van der Waals surface area (Å²) in [4.78, 5) is 24.1. The van der Waals surface area contributed by atoms with E-state index in [0.717, 1.165) is 35.3 Å². The first-order valence-corrected chi connectivity index (χ1v) is 9.38. The Bertz CT molecular complexity index is 812. The highest BCUT2D eigenvalue weighted by Gasteiger charge is 2.19. The number of carbonyl (C=O) groups is 2. The summed E-state index contributed by atoms with van der Waals surface area (Å²) in [5.74, 6) is -0.166. The van der Waals surface area contributed by atoms with Gasteiger partial charge in [-0.3, -0.25) is 9.59 Å². The Hall–Kier alpha value is -2.40. The number of carbonyl (C=O) groups excluding carboxylic acids is 2. The van der Waals surface area contributed by atoms with Gasteiger partial charge in [-0.15, -0.1) is 0 Å². The van der Waals surface area contributed by atoms with E-state index in [2.05, 4.69) is 28.5 Å². The molecule has 0 saturated heterocycles. The molecule has 0 spiro atoms. The molecule has 5 nitrogen and oxygen atoms in total. The summed E-state index contributed by atoms with van der Waals surface area (Å²) in [6, 6.07) is 5.31. The van der Waals surface area contributed by atoms with Gasteiger partial charge >= 0.3 is 0 Å². The molecule has 2 N–H and O–H groups in total. The monoisotopic (exact) mass is 387 g/mol. The van der Waals surface area contributed by atoms with Crippen molar-refractivity contribution in [3.8, 4) is 0 Å². The van der Waals surface area contributed by atoms with E-state index in [-0.39, 0.29) is 24.7 Å². The predicted octanol–water partition coefficient (Wildman–Crippen LogP) is 4.77. The molecule has 0 fully saturated rings. The lowest BCUT2D eigenvalue weighted by atomic mass is 9.85. The fourth-order valence-electron chi connectivity index (χ4n) is 2.79. The fraction of sp³-hybridized carbons (Fsp3) is 0.381. The molecule has 144 valence electrons. The van der Waals surface area contributed by atoms with Crippen molar-refractivity contribution in [3.63, 3.8) is 0 Å². The van der Waals surface area contributed by atoms with Gasteiger partial charge in [0.25, 0.3) is 0 Å². The largest absolute Gasteiger partial charge is 0.326 e. The van der Waals surface area contributed by atoms with E-state index in [9.17, 15) is 9.59 Å². The second-order valence-corrected chi connectivity index (χ2v) is 7.33. The normalized spacial score (nSPS) is 18.0. The molecule has 0 heterocycles. The van der Waals surface area contributed by atoms with Gasteiger partial charge in [0.15, 0.2) is 0 Å². The molecular formula is C21H26ClN3O2. The summed E-state index contributed by atoms with van der Waals surface area (Å²) in [5.41, 5.74) is 7.07. The van der Waals surface area contributed by atoms with Crippen molar-refractivity contribution in [1.29, 1.82) is 0 Å². The smallest absolute Gasteiger partial charge is 0.240 e. The van der Waals surface area contributed by atoms with Crippen molar-refractivity contribution in [2.75, 3.05) is 5.32 Å². The zero-order valence-electron chi connectivity index (χ0n) is 16.1. The van der Waals surface area contributed by atoms with Crippen LogP contribution in [0.3, 0.4) is 0 Å². The number of anilines is 1. The average molecular weight is 388 g/mol. The van der Waals surface area contributed by atoms with Crippen molar-refractivity contribution in [1.82, 2.24) is 5.43 Å². The lowest BCUT2D eigenvalue weighted by molar-refractivity contribution is -0.124. The Kier molecular flexibility index (Phi) is 7.36. The molecule has 0 radical (unpaired) electrons. The lowest BCUT2D eigenvalue weighted by Gasteiger charge is -2.22. The highest BCUT2D eigenvalue weighted by atomic mass is 35.5. The first kappa shape index (κ1) is 20.9. The van der Waals surface area contributed by atoms with Gasteiger partial charge in [-0.25, -0.2) is 5.43 Å². The molecule has 0 aliphatic heterocycles. The summed E-state index contributed by atoms with van der Waals surface area (Å²) < 4.78 is 0. The molecule has 0 aromatic heterocycles. The first-order valence-electron chi connectivity index (χ1n) is 9.00. The SMILES string of the molecule is C=C(C)[C@@H]1CC=C(C)C(=NNC(=O)CCC(=O)Nc2cccc(Cl)c2C)C1. The number of halogens is 1. The van der Waals surface area contributed by atoms with Gasteiger partial charge < -0.3 is 5.32 Å². The number of nitrogens with zero attached hydrogens (tertiary/aromatic N) is 1. The summed E-state index contributed by atoms with van der Waals surface area (Å²) in [7, 11) is 0. The Balaban J connectivity index is 1.84. The van der Waals surface area contributed by atoms with Gasteiger partial charge in [0.2, 0.25) is 11.8 Å². The molecule has 1 aliphatic carbocycles. The van der Waals surface area contributed by atoms with Crippen molar-refractivity contribution < 1.29 is 9.59 Å². The van der Waals surface area contributed by atoms with E-state index in [4.69, 9.17) is 11.6 Å². The Labute approximate surface area is 165 Å². The van der Waals surface area contributed by atoms with Crippen LogP contribution in [0.15, 0.2) is 47.1 Å². The van der Waals surface area contributed by atoms with E-state index in [0.29, 0.717) is 16.6 Å². The number of benzene rings is 1. The predicted molar refractivity (Wildman–Crippen MR) is 111 cm³/mol. The molecule has 1 aliphatic rings. The molecule has 2 amide bonds. The van der Waals surface area contributed by atoms with Crippen molar-refractivity contribution in [2.24, 2.45) is 11.0 Å². The van der Waals surface area contributed by atoms with Crippen LogP contribution < -0.4 is 10.7 Å². The number of amides is 2. The van der Waals surface area contributed by atoms with E-state index in [1.54, 1.807) is 18.2 Å². The van der Waals surface area contributed by atoms with Crippen LogP contribution in [0.2, 0.25) is 5.02 Å². The topological polar surface area (TPSA) is 70.6 Å². The van der Waals surface area contributed by atoms with E-state index in [1.165, 1.54) is 0 Å². The maximum Gasteiger partial charge on any atom is 0.240 e. The van der Waals surface area contributed by atoms with E-state index >= 15 is 0 Å². The Morgan fingerprint density at radius 1 is 1.26 bits per heavy atom. The maximum atomic E-state index is 12.1. The van der Waals surface area contributed by atoms with Crippen LogP contribution in [0, 0.1) is 12.8 Å². The van der Waals surface area contributed by atoms with Crippen molar-refractivity contribution >= 4 is 34.8 Å². The first-order chi connectivity index (χ1) is 12.8. The van der Waals surface area contributed by atoms with E-state index in [1.807, 2.05) is 20.8 Å². The maximum absolute atomic E-state index is 12.1. The second kappa shape index (κ2) is 9.51. The van der Waals surface area contributed by atoms with Crippen LogP contribution in [0.4, 0.5) is 5.69 Å². The van der Waals surface area contributed by atoms with Crippen LogP contribution in [-0.4, -0.2) is 17.5 Å². The zero-order valence-corrected chi connectivity index (χ0v) is 16.8. The average Bonchev–Trinajstić information content (AvgIpc) is 2.63. The molecule has 1 aromatic carbocycles. The lowest BCUT2D eigenvalue weighted by Crippen LogP contribution is -2.24. The third kappa shape index (κ3) is 6.07. The number of hydrogen-bond donors (Lipinski definition) is 2. The minimum absolute atomic E-state index is 0.0644. The summed E-state index contributed by atoms with van der Waals surface area (Å²) in [5, 5.41) is 7.61. The number of hydrogen-bond acceptors (Lipinski definition) is 3. The minimum atomic E-state index is -0.286. The van der Waals surface area contributed by atoms with Crippen LogP contribution in [0.5, 0.6) is 0 Å². The zero-order chi connectivity index (χ0) is 20.0. The van der Waals surface area contributed by atoms with Crippen LogP contribution in [-0.2, 0) is 9.59 Å². The quantitative estimate of drug-likeness (QED) is 0.545. The summed E-state index contributed by atoms with van der Waals surface area (Å²) in [6.45, 7) is 9.83. The molecule has 0 saturated carbocycles. The Morgan fingerprint density at radius 2 is 1.96 bits per heavy atom. The molecule has 27 heavy (non-hydrogen) atoms. The number of hydrazone groups is 1. The molecule has 2 rings (SSSR count). The number of nitrogens with one attached hydrogen (secondary N) is 2. The molecule has 1 atom stereocenters. The van der Waals surface area contributed by atoms with Crippen molar-refractivity contribution in [3.05, 3.63) is 52.6 Å². The van der Waals surface area contributed by atoms with Gasteiger partial charge in [0, 0.05) is 23.6 Å². The van der Waals surface area contributed by atoms with Gasteiger partial charge in [0.05, 0.1) is 5.71 Å². The highest BCUT2D eigenvalue weighted by Crippen LogP contribution is 2.26. The summed E-state index contributed by atoms with van der Waals surface area (Å²) in [6.07, 6.45) is 3.99. The van der Waals surface area contributed by atoms with E-state index < -0.39 is 0 Å². The summed E-state index contributed by atoms with van der Waals surface area (Å²) >= 11 is 6.04.